The molecule has 88 valence electrons. The highest BCUT2D eigenvalue weighted by Gasteiger charge is 2.11. The number of aromatic nitrogens is 2. The maximum atomic E-state index is 12.9. The molecule has 0 spiro atoms. The molecule has 0 aliphatic heterocycles. The summed E-state index contributed by atoms with van der Waals surface area (Å²) in [4.78, 5) is 15.7. The zero-order valence-electron chi connectivity index (χ0n) is 8.95. The lowest BCUT2D eigenvalue weighted by atomic mass is 10.3. The van der Waals surface area contributed by atoms with Crippen molar-refractivity contribution in [2.24, 2.45) is 7.05 Å². The molecule has 0 radical (unpaired) electrons. The zero-order valence-corrected chi connectivity index (χ0v) is 9.70. The van der Waals surface area contributed by atoms with E-state index in [0.717, 1.165) is 0 Å². The van der Waals surface area contributed by atoms with Gasteiger partial charge in [-0.2, -0.15) is 0 Å². The Morgan fingerprint density at radius 1 is 1.53 bits per heavy atom. The van der Waals surface area contributed by atoms with E-state index in [0.29, 0.717) is 5.69 Å². The Labute approximate surface area is 102 Å². The lowest BCUT2D eigenvalue weighted by molar-refractivity contribution is 0.101. The second kappa shape index (κ2) is 4.55. The molecule has 1 amide bonds. The monoisotopic (exact) mass is 253 g/mol. The molecule has 0 aliphatic rings. The van der Waals surface area contributed by atoms with Gasteiger partial charge in [0.1, 0.15) is 5.82 Å². The normalized spacial score (nSPS) is 10.3. The Morgan fingerprint density at radius 3 is 2.88 bits per heavy atom. The van der Waals surface area contributed by atoms with Crippen molar-refractivity contribution in [3.63, 3.8) is 0 Å². The summed E-state index contributed by atoms with van der Waals surface area (Å²) in [5.41, 5.74) is 0.421. The van der Waals surface area contributed by atoms with Gasteiger partial charge in [-0.15, -0.1) is 0 Å². The number of halogens is 2. The number of nitrogens with zero attached hydrogens (tertiary/aromatic N) is 2. The van der Waals surface area contributed by atoms with Gasteiger partial charge in [0, 0.05) is 25.1 Å². The molecule has 0 aliphatic carbocycles. The molecule has 1 aromatic carbocycles. The number of imidazole rings is 1. The first-order valence-electron chi connectivity index (χ1n) is 4.81. The Hall–Kier alpha value is -1.88. The first-order chi connectivity index (χ1) is 8.08. The molecule has 0 atom stereocenters. The van der Waals surface area contributed by atoms with Crippen molar-refractivity contribution in [1.29, 1.82) is 0 Å². The summed E-state index contributed by atoms with van der Waals surface area (Å²) in [6.45, 7) is 0. The van der Waals surface area contributed by atoms with Crippen LogP contribution >= 0.6 is 11.6 Å². The SMILES string of the molecule is Cn1ccnc1C(=O)Nc1ccc(F)c(Cl)c1. The lowest BCUT2D eigenvalue weighted by Gasteiger charge is -2.05. The molecule has 17 heavy (non-hydrogen) atoms. The van der Waals surface area contributed by atoms with Crippen LogP contribution in [0.2, 0.25) is 5.02 Å². The van der Waals surface area contributed by atoms with Crippen LogP contribution in [-0.4, -0.2) is 15.5 Å². The first-order valence-corrected chi connectivity index (χ1v) is 5.19. The molecular formula is C11H9ClFN3O. The highest BCUT2D eigenvalue weighted by molar-refractivity contribution is 6.31. The predicted octanol–water partition coefficient (Wildman–Crippen LogP) is 2.46. The van der Waals surface area contributed by atoms with Crippen molar-refractivity contribution >= 4 is 23.2 Å². The number of hydrogen-bond acceptors (Lipinski definition) is 2. The molecule has 2 rings (SSSR count). The van der Waals surface area contributed by atoms with Gasteiger partial charge in [-0.1, -0.05) is 11.6 Å². The molecule has 0 bridgehead atoms. The first kappa shape index (κ1) is 11.6. The van der Waals surface area contributed by atoms with Crippen LogP contribution in [0.5, 0.6) is 0 Å². The molecule has 2 aromatic rings. The topological polar surface area (TPSA) is 46.9 Å². The Kier molecular flexibility index (Phi) is 3.10. The van der Waals surface area contributed by atoms with Crippen LogP contribution in [0.25, 0.3) is 0 Å². The van der Waals surface area contributed by atoms with Crippen LogP contribution in [0.1, 0.15) is 10.6 Å². The average molecular weight is 254 g/mol. The molecule has 0 saturated heterocycles. The minimum Gasteiger partial charge on any atom is -0.330 e. The van der Waals surface area contributed by atoms with Gasteiger partial charge in [0.05, 0.1) is 5.02 Å². The van der Waals surface area contributed by atoms with Crippen molar-refractivity contribution < 1.29 is 9.18 Å². The Morgan fingerprint density at radius 2 is 2.29 bits per heavy atom. The smallest absolute Gasteiger partial charge is 0.291 e. The van der Waals surface area contributed by atoms with Crippen molar-refractivity contribution in [2.75, 3.05) is 5.32 Å². The molecule has 0 fully saturated rings. The maximum Gasteiger partial charge on any atom is 0.291 e. The van der Waals surface area contributed by atoms with Gasteiger partial charge >= 0.3 is 0 Å². The minimum atomic E-state index is -0.526. The second-order valence-corrected chi connectivity index (χ2v) is 3.85. The van der Waals surface area contributed by atoms with E-state index < -0.39 is 5.82 Å². The van der Waals surface area contributed by atoms with Gasteiger partial charge in [-0.05, 0) is 18.2 Å². The summed E-state index contributed by atoms with van der Waals surface area (Å²) in [6, 6.07) is 3.97. The van der Waals surface area contributed by atoms with Gasteiger partial charge in [0.2, 0.25) is 0 Å². The number of amides is 1. The number of carbonyl (C=O) groups excluding carboxylic acids is 1. The van der Waals surface area contributed by atoms with Gasteiger partial charge in [0.25, 0.3) is 5.91 Å². The van der Waals surface area contributed by atoms with Crippen molar-refractivity contribution in [2.45, 2.75) is 0 Å². The highest BCUT2D eigenvalue weighted by Crippen LogP contribution is 2.19. The number of nitrogens with one attached hydrogen (secondary N) is 1. The number of carbonyl (C=O) groups is 1. The van der Waals surface area contributed by atoms with Crippen LogP contribution in [0.4, 0.5) is 10.1 Å². The standard InChI is InChI=1S/C11H9ClFN3O/c1-16-5-4-14-10(16)11(17)15-7-2-3-9(13)8(12)6-7/h2-6H,1H3,(H,15,17). The molecule has 1 heterocycles. The number of benzene rings is 1. The number of hydrogen-bond donors (Lipinski definition) is 1. The van der Waals surface area contributed by atoms with Crippen molar-refractivity contribution in [3.8, 4) is 0 Å². The largest absolute Gasteiger partial charge is 0.330 e. The molecule has 4 nitrogen and oxygen atoms in total. The summed E-state index contributed by atoms with van der Waals surface area (Å²) in [5, 5.41) is 2.54. The summed E-state index contributed by atoms with van der Waals surface area (Å²) >= 11 is 5.61. The fraction of sp³-hybridized carbons (Fsp3) is 0.0909. The van der Waals surface area contributed by atoms with Gasteiger partial charge < -0.3 is 9.88 Å². The van der Waals surface area contributed by atoms with E-state index >= 15 is 0 Å². The van der Waals surface area contributed by atoms with E-state index in [1.165, 1.54) is 24.4 Å². The fourth-order valence-corrected chi connectivity index (χ4v) is 1.53. The molecule has 1 N–H and O–H groups in total. The van der Waals surface area contributed by atoms with Crippen molar-refractivity contribution in [3.05, 3.63) is 47.3 Å². The molecule has 0 unspecified atom stereocenters. The van der Waals surface area contributed by atoms with E-state index in [1.54, 1.807) is 17.8 Å². The van der Waals surface area contributed by atoms with Crippen LogP contribution in [0.15, 0.2) is 30.6 Å². The van der Waals surface area contributed by atoms with Gasteiger partial charge in [-0.3, -0.25) is 4.79 Å². The molecule has 1 aromatic heterocycles. The van der Waals surface area contributed by atoms with Gasteiger partial charge in [0.15, 0.2) is 5.82 Å². The van der Waals surface area contributed by atoms with E-state index in [4.69, 9.17) is 11.6 Å². The summed E-state index contributed by atoms with van der Waals surface area (Å²) in [5.74, 6) is -0.632. The minimum absolute atomic E-state index is 0.0392. The average Bonchev–Trinajstić information content (AvgIpc) is 2.70. The van der Waals surface area contributed by atoms with E-state index in [9.17, 15) is 9.18 Å². The zero-order chi connectivity index (χ0) is 12.4. The molecule has 6 heteroatoms. The van der Waals surface area contributed by atoms with Crippen molar-refractivity contribution in [1.82, 2.24) is 9.55 Å². The van der Waals surface area contributed by atoms with E-state index in [-0.39, 0.29) is 16.8 Å². The third-order valence-electron chi connectivity index (χ3n) is 2.20. The van der Waals surface area contributed by atoms with Crippen LogP contribution < -0.4 is 5.32 Å². The number of rotatable bonds is 2. The maximum absolute atomic E-state index is 12.9. The van der Waals surface area contributed by atoms with Gasteiger partial charge in [-0.25, -0.2) is 9.37 Å². The molecule has 0 saturated carbocycles. The Balaban J connectivity index is 2.19. The quantitative estimate of drug-likeness (QED) is 0.894. The van der Waals surface area contributed by atoms with Crippen LogP contribution in [0, 0.1) is 5.82 Å². The Bertz CT molecular complexity index is 568. The predicted molar refractivity (Wildman–Crippen MR) is 62.6 cm³/mol. The van der Waals surface area contributed by atoms with E-state index in [1.807, 2.05) is 0 Å². The summed E-state index contributed by atoms with van der Waals surface area (Å²) in [6.07, 6.45) is 3.18. The lowest BCUT2D eigenvalue weighted by Crippen LogP contribution is -2.16. The number of aryl methyl sites for hydroxylation is 1. The molecular weight excluding hydrogens is 245 g/mol. The third kappa shape index (κ3) is 2.45. The second-order valence-electron chi connectivity index (χ2n) is 3.44. The fourth-order valence-electron chi connectivity index (χ4n) is 1.35. The van der Waals surface area contributed by atoms with E-state index in [2.05, 4.69) is 10.3 Å². The summed E-state index contributed by atoms with van der Waals surface area (Å²) < 4.78 is 14.5. The number of anilines is 1. The third-order valence-corrected chi connectivity index (χ3v) is 2.49. The highest BCUT2D eigenvalue weighted by atomic mass is 35.5. The van der Waals surface area contributed by atoms with Crippen LogP contribution in [-0.2, 0) is 7.05 Å². The van der Waals surface area contributed by atoms with Crippen LogP contribution in [0.3, 0.4) is 0 Å². The summed E-state index contributed by atoms with van der Waals surface area (Å²) in [7, 11) is 1.71.